The molecule has 2 amide bonds. The number of nitrogens with one attached hydrogen (secondary N) is 2. The van der Waals surface area contributed by atoms with E-state index in [4.69, 9.17) is 13.3 Å². The van der Waals surface area contributed by atoms with Gasteiger partial charge in [-0.05, 0) is 0 Å². The van der Waals surface area contributed by atoms with E-state index in [0.29, 0.717) is 11.4 Å². The molecule has 0 fully saturated rings. The van der Waals surface area contributed by atoms with E-state index in [-0.39, 0.29) is 12.0 Å². The standard InChI is InChI=1S/C26H22N6O9S2/c33-21(29-25-27-19(11-39-25)17-7-3-1-4-8-17)13-42(35,36)15-23-31-32-24(41-23)16-43(37,38)14-22(34)30-26-28-20(12-40-26)18-9-5-2-6-10-18/h1-12H,13-16H2,(H,27,29,33)(H,28,30,34). The Morgan fingerprint density at radius 3 is 1.42 bits per heavy atom. The minimum atomic E-state index is -4.11. The second-order valence-electron chi connectivity index (χ2n) is 9.06. The van der Waals surface area contributed by atoms with Crippen LogP contribution in [0.4, 0.5) is 12.0 Å². The molecule has 5 aromatic rings. The van der Waals surface area contributed by atoms with Crippen LogP contribution >= 0.6 is 0 Å². The number of benzene rings is 2. The summed E-state index contributed by atoms with van der Waals surface area (Å²) in [7, 11) is -8.22. The first-order valence-electron chi connectivity index (χ1n) is 12.4. The van der Waals surface area contributed by atoms with Crippen LogP contribution in [0.3, 0.4) is 0 Å². The smallest absolute Gasteiger partial charge is 0.301 e. The van der Waals surface area contributed by atoms with Crippen molar-refractivity contribution >= 4 is 43.5 Å². The van der Waals surface area contributed by atoms with Crippen LogP contribution in [0.25, 0.3) is 22.5 Å². The molecule has 5 rings (SSSR count). The van der Waals surface area contributed by atoms with E-state index in [9.17, 15) is 26.4 Å². The number of anilines is 2. The molecule has 0 saturated heterocycles. The number of hydrogen-bond donors (Lipinski definition) is 2. The number of hydrogen-bond acceptors (Lipinski definition) is 13. The fourth-order valence-corrected chi connectivity index (χ4v) is 5.87. The van der Waals surface area contributed by atoms with Crippen LogP contribution in [0.2, 0.25) is 0 Å². The van der Waals surface area contributed by atoms with Gasteiger partial charge in [-0.15, -0.1) is 10.2 Å². The summed E-state index contributed by atoms with van der Waals surface area (Å²) < 4.78 is 65.5. The monoisotopic (exact) mass is 626 g/mol. The third kappa shape index (κ3) is 8.20. The molecular weight excluding hydrogens is 604 g/mol. The van der Waals surface area contributed by atoms with Gasteiger partial charge in [-0.25, -0.2) is 16.8 Å². The fraction of sp³-hybridized carbons (Fsp3) is 0.154. The molecule has 2 aromatic carbocycles. The van der Waals surface area contributed by atoms with Crippen molar-refractivity contribution < 1.29 is 39.7 Å². The predicted octanol–water partition coefficient (Wildman–Crippen LogP) is 2.49. The highest BCUT2D eigenvalue weighted by atomic mass is 32.2. The second kappa shape index (κ2) is 12.4. The Morgan fingerprint density at radius 1 is 0.628 bits per heavy atom. The fourth-order valence-electron chi connectivity index (χ4n) is 3.74. The zero-order chi connectivity index (χ0) is 30.5. The number of sulfone groups is 2. The van der Waals surface area contributed by atoms with E-state index >= 15 is 0 Å². The van der Waals surface area contributed by atoms with Gasteiger partial charge in [0.2, 0.25) is 23.6 Å². The van der Waals surface area contributed by atoms with Crippen molar-refractivity contribution in [3.8, 4) is 22.5 Å². The van der Waals surface area contributed by atoms with E-state index in [2.05, 4.69) is 30.8 Å². The van der Waals surface area contributed by atoms with Gasteiger partial charge >= 0.3 is 12.0 Å². The van der Waals surface area contributed by atoms with Gasteiger partial charge in [-0.1, -0.05) is 60.7 Å². The topological polar surface area (TPSA) is 217 Å². The van der Waals surface area contributed by atoms with Crippen LogP contribution < -0.4 is 10.6 Å². The lowest BCUT2D eigenvalue weighted by Crippen LogP contribution is -2.24. The minimum Gasteiger partial charge on any atom is -0.431 e. The Morgan fingerprint density at radius 2 is 1.02 bits per heavy atom. The van der Waals surface area contributed by atoms with Crippen molar-refractivity contribution in [3.63, 3.8) is 0 Å². The van der Waals surface area contributed by atoms with Gasteiger partial charge in [0.25, 0.3) is 0 Å². The van der Waals surface area contributed by atoms with Crippen molar-refractivity contribution in [2.24, 2.45) is 0 Å². The first-order chi connectivity index (χ1) is 20.5. The van der Waals surface area contributed by atoms with E-state index < -0.39 is 66.3 Å². The zero-order valence-corrected chi connectivity index (χ0v) is 23.7. The highest BCUT2D eigenvalue weighted by Crippen LogP contribution is 2.21. The number of nitrogens with zero attached hydrogens (tertiary/aromatic N) is 4. The van der Waals surface area contributed by atoms with E-state index in [1.54, 1.807) is 48.5 Å². The molecule has 0 saturated carbocycles. The minimum absolute atomic E-state index is 0.187. The molecule has 0 atom stereocenters. The van der Waals surface area contributed by atoms with Crippen molar-refractivity contribution in [2.75, 3.05) is 22.1 Å². The maximum Gasteiger partial charge on any atom is 0.301 e. The lowest BCUT2D eigenvalue weighted by atomic mass is 10.2. The summed E-state index contributed by atoms with van der Waals surface area (Å²) in [5.74, 6) is -6.28. The third-order valence-electron chi connectivity index (χ3n) is 5.54. The zero-order valence-electron chi connectivity index (χ0n) is 22.0. The summed E-state index contributed by atoms with van der Waals surface area (Å²) in [6, 6.07) is 17.6. The van der Waals surface area contributed by atoms with Gasteiger partial charge in [0.05, 0.1) is 0 Å². The molecule has 0 aliphatic rings. The van der Waals surface area contributed by atoms with Crippen LogP contribution in [-0.4, -0.2) is 60.3 Å². The van der Waals surface area contributed by atoms with Crippen molar-refractivity contribution in [1.82, 2.24) is 20.2 Å². The Balaban J connectivity index is 1.11. The molecule has 0 unspecified atom stereocenters. The average molecular weight is 627 g/mol. The molecule has 43 heavy (non-hydrogen) atoms. The van der Waals surface area contributed by atoms with Crippen molar-refractivity contribution in [2.45, 2.75) is 11.5 Å². The van der Waals surface area contributed by atoms with Crippen molar-refractivity contribution in [3.05, 3.63) is 85.0 Å². The number of carbonyl (C=O) groups is 2. The molecule has 0 aliphatic carbocycles. The number of aromatic nitrogens is 4. The number of oxazole rings is 2. The predicted molar refractivity (Wildman–Crippen MR) is 150 cm³/mol. The van der Waals surface area contributed by atoms with Crippen LogP contribution in [-0.2, 0) is 40.8 Å². The molecule has 2 N–H and O–H groups in total. The molecule has 3 heterocycles. The summed E-state index contributed by atoms with van der Waals surface area (Å²) in [6.45, 7) is 0. The normalized spacial score (nSPS) is 11.7. The lowest BCUT2D eigenvalue weighted by Gasteiger charge is -2.02. The highest BCUT2D eigenvalue weighted by molar-refractivity contribution is 7.91. The molecule has 222 valence electrons. The highest BCUT2D eigenvalue weighted by Gasteiger charge is 2.25. The van der Waals surface area contributed by atoms with Gasteiger partial charge < -0.3 is 13.3 Å². The molecule has 0 spiro atoms. The van der Waals surface area contributed by atoms with Gasteiger partial charge in [0, 0.05) is 11.1 Å². The molecule has 17 heteroatoms. The largest absolute Gasteiger partial charge is 0.431 e. The lowest BCUT2D eigenvalue weighted by molar-refractivity contribution is -0.114. The van der Waals surface area contributed by atoms with E-state index in [1.165, 1.54) is 12.5 Å². The Bertz CT molecular complexity index is 1810. The number of amides is 2. The summed E-state index contributed by atoms with van der Waals surface area (Å²) in [5.41, 5.74) is 2.36. The maximum absolute atomic E-state index is 12.5. The summed E-state index contributed by atoms with van der Waals surface area (Å²) >= 11 is 0. The molecule has 0 aliphatic heterocycles. The number of rotatable bonds is 12. The van der Waals surface area contributed by atoms with E-state index in [1.807, 2.05) is 12.1 Å². The summed E-state index contributed by atoms with van der Waals surface area (Å²) in [4.78, 5) is 32.8. The quantitative estimate of drug-likeness (QED) is 0.204. The summed E-state index contributed by atoms with van der Waals surface area (Å²) in [6.07, 6.45) is 2.62. The van der Waals surface area contributed by atoms with Crippen LogP contribution in [0.15, 0.2) is 86.4 Å². The van der Waals surface area contributed by atoms with E-state index in [0.717, 1.165) is 11.1 Å². The average Bonchev–Trinajstić information content (AvgIpc) is 3.70. The molecule has 15 nitrogen and oxygen atoms in total. The van der Waals surface area contributed by atoms with Crippen LogP contribution in [0.5, 0.6) is 0 Å². The Hall–Kier alpha value is -5.16. The van der Waals surface area contributed by atoms with Gasteiger partial charge in [-0.2, -0.15) is 9.97 Å². The molecular formula is C26H22N6O9S2. The second-order valence-corrected chi connectivity index (χ2v) is 13.2. The maximum atomic E-state index is 12.5. The Labute approximate surface area is 244 Å². The first-order valence-corrected chi connectivity index (χ1v) is 16.0. The molecule has 3 aromatic heterocycles. The van der Waals surface area contributed by atoms with Crippen molar-refractivity contribution in [1.29, 1.82) is 0 Å². The SMILES string of the molecule is O=C(CS(=O)(=O)Cc1nnc(CS(=O)(=O)CC(=O)Nc2nc(-c3ccccc3)co2)o1)Nc1nc(-c2ccccc2)co1. The van der Waals surface area contributed by atoms with Gasteiger partial charge in [0.1, 0.15) is 46.9 Å². The molecule has 0 bridgehead atoms. The van der Waals surface area contributed by atoms with Gasteiger partial charge in [-0.3, -0.25) is 20.2 Å². The Kier molecular flexibility index (Phi) is 8.44. The third-order valence-corrected chi connectivity index (χ3v) is 8.32. The van der Waals surface area contributed by atoms with Crippen LogP contribution in [0, 0.1) is 0 Å². The number of carbonyl (C=O) groups excluding carboxylic acids is 2. The van der Waals surface area contributed by atoms with Gasteiger partial charge in [0.15, 0.2) is 19.7 Å². The summed E-state index contributed by atoms with van der Waals surface area (Å²) in [5, 5.41) is 11.6. The first kappa shape index (κ1) is 29.3. The molecule has 0 radical (unpaired) electrons. The van der Waals surface area contributed by atoms with Crippen LogP contribution in [0.1, 0.15) is 11.8 Å².